The molecule has 16 heteroatoms. The molecular formula is C42H62O16. The average molecular weight is 823 g/mol. The minimum Gasteiger partial charge on any atom is -0.481 e. The molecule has 0 amide bonds. The number of ketones is 1. The van der Waals surface area contributed by atoms with E-state index in [1.54, 1.807) is 0 Å². The maximum Gasteiger partial charge on any atom is 0.335 e. The van der Waals surface area contributed by atoms with Crippen molar-refractivity contribution in [2.24, 2.45) is 50.2 Å². The zero-order valence-electron chi connectivity index (χ0n) is 34.4. The molecule has 0 aromatic carbocycles. The Balaban J connectivity index is 1.17. The van der Waals surface area contributed by atoms with E-state index in [2.05, 4.69) is 27.7 Å². The first kappa shape index (κ1) is 43.5. The Morgan fingerprint density at radius 3 is 1.88 bits per heavy atom. The lowest BCUT2D eigenvalue weighted by Gasteiger charge is -2.70. The van der Waals surface area contributed by atoms with Crippen molar-refractivity contribution in [3.8, 4) is 0 Å². The van der Waals surface area contributed by atoms with Crippen LogP contribution in [0.2, 0.25) is 0 Å². The molecule has 2 saturated heterocycles. The van der Waals surface area contributed by atoms with E-state index in [9.17, 15) is 60.0 Å². The van der Waals surface area contributed by atoms with Crippen molar-refractivity contribution >= 4 is 23.7 Å². The second-order valence-electron chi connectivity index (χ2n) is 20.6. The van der Waals surface area contributed by atoms with Crippen LogP contribution in [0.15, 0.2) is 11.6 Å². The standard InChI is InChI=1S/C42H62O16/c1-37(2)21-8-11-42(7)31(20(43)16-18-19-17-39(4,36(53)54)13-12-38(19,3)14-15-41(18,42)6)40(21,5)10-9-22(37)55-35-30(26(47)25(46)29(57-35)33(51)52)58-34-27(48)23(44)24(45)28(56-34)32(49)50/h16,19,21-31,34-35,44-48H,8-15,17H2,1-7H3,(H,49,50)(H,51,52)(H,53,54)/t19-,21+,22+,23+,24+,25+,26+,27+,28+,29+,30+,31+,34+,35+,38-,39+,40+,41-,42-/m1/s1. The van der Waals surface area contributed by atoms with Gasteiger partial charge in [-0.05, 0) is 110 Å². The first-order valence-electron chi connectivity index (χ1n) is 20.7. The van der Waals surface area contributed by atoms with E-state index in [1.807, 2.05) is 26.8 Å². The maximum absolute atomic E-state index is 14.8. The number of fused-ring (bicyclic) bond motifs is 7. The van der Waals surface area contributed by atoms with Gasteiger partial charge in [0.05, 0.1) is 11.5 Å². The lowest BCUT2D eigenvalue weighted by molar-refractivity contribution is -0.371. The number of aliphatic carboxylic acids is 3. The van der Waals surface area contributed by atoms with Crippen molar-refractivity contribution in [2.75, 3.05) is 0 Å². The number of hydrogen-bond acceptors (Lipinski definition) is 13. The van der Waals surface area contributed by atoms with E-state index in [1.165, 1.54) is 0 Å². The van der Waals surface area contributed by atoms with Crippen LogP contribution in [0.3, 0.4) is 0 Å². The molecule has 5 aliphatic carbocycles. The van der Waals surface area contributed by atoms with Crippen LogP contribution in [0.4, 0.5) is 0 Å². The molecule has 7 aliphatic rings. The molecular weight excluding hydrogens is 760 g/mol. The first-order chi connectivity index (χ1) is 26.8. The summed E-state index contributed by atoms with van der Waals surface area (Å²) in [5.74, 6) is -4.47. The van der Waals surface area contributed by atoms with Gasteiger partial charge in [0.25, 0.3) is 0 Å². The van der Waals surface area contributed by atoms with E-state index in [-0.39, 0.29) is 34.4 Å². The van der Waals surface area contributed by atoms with Crippen molar-refractivity contribution in [1.82, 2.24) is 0 Å². The van der Waals surface area contributed by atoms with E-state index < -0.39 is 107 Å². The number of aliphatic hydroxyl groups is 5. The van der Waals surface area contributed by atoms with Gasteiger partial charge in [-0.3, -0.25) is 9.59 Å². The van der Waals surface area contributed by atoms with Crippen molar-refractivity contribution in [1.29, 1.82) is 0 Å². The molecule has 0 radical (unpaired) electrons. The highest BCUT2D eigenvalue weighted by Gasteiger charge is 2.71. The zero-order valence-corrected chi connectivity index (χ0v) is 34.4. The third-order valence-corrected chi connectivity index (χ3v) is 17.2. The molecule has 0 aromatic heterocycles. The second-order valence-corrected chi connectivity index (χ2v) is 20.6. The van der Waals surface area contributed by atoms with Gasteiger partial charge in [-0.15, -0.1) is 0 Å². The summed E-state index contributed by atoms with van der Waals surface area (Å²) in [5.41, 5.74) is -1.81. The molecule has 2 heterocycles. The summed E-state index contributed by atoms with van der Waals surface area (Å²) in [6.45, 7) is 14.8. The molecule has 4 saturated carbocycles. The van der Waals surface area contributed by atoms with Gasteiger partial charge >= 0.3 is 17.9 Å². The van der Waals surface area contributed by atoms with E-state index in [0.29, 0.717) is 25.7 Å². The van der Waals surface area contributed by atoms with Crippen molar-refractivity contribution in [2.45, 2.75) is 174 Å². The van der Waals surface area contributed by atoms with Crippen LogP contribution < -0.4 is 0 Å². The summed E-state index contributed by atoms with van der Waals surface area (Å²) < 4.78 is 23.4. The SMILES string of the molecule is CC1(C)[C@@H](O[C@H]2O[C@H](C(=O)O)[C@@H](O)[C@H](O)[C@@H]2O[C@@H]2O[C@H](C(=O)O)[C@@H](O)[C@H](O)[C@@H]2O)CC[C@@]2(C)[C@H]1CC[C@]1(C)[C@H]2C(=O)C=C2[C@H]3C[C@@](C)(C(=O)O)CC[C@]3(C)CC[C@]21C. The third kappa shape index (κ3) is 6.25. The van der Waals surface area contributed by atoms with Crippen molar-refractivity contribution < 1.29 is 79.0 Å². The summed E-state index contributed by atoms with van der Waals surface area (Å²) in [6, 6.07) is 0. The van der Waals surface area contributed by atoms with E-state index in [4.69, 9.17) is 18.9 Å². The van der Waals surface area contributed by atoms with Crippen LogP contribution in [-0.2, 0) is 38.1 Å². The number of rotatable bonds is 7. The van der Waals surface area contributed by atoms with Gasteiger partial charge in [0.15, 0.2) is 30.6 Å². The second kappa shape index (κ2) is 14.3. The summed E-state index contributed by atoms with van der Waals surface area (Å²) in [7, 11) is 0. The minimum atomic E-state index is -2.05. The Hall–Kier alpha value is -2.54. The van der Waals surface area contributed by atoms with Crippen LogP contribution in [0.25, 0.3) is 0 Å². The predicted octanol–water partition coefficient (Wildman–Crippen LogP) is 2.25. The summed E-state index contributed by atoms with van der Waals surface area (Å²) >= 11 is 0. The van der Waals surface area contributed by atoms with Crippen LogP contribution in [0, 0.1) is 50.2 Å². The van der Waals surface area contributed by atoms with Crippen LogP contribution in [-0.4, -0.2) is 132 Å². The smallest absolute Gasteiger partial charge is 0.335 e. The number of carbonyl (C=O) groups excluding carboxylic acids is 1. The van der Waals surface area contributed by atoms with Crippen LogP contribution >= 0.6 is 0 Å². The Kier molecular flexibility index (Phi) is 10.7. The molecule has 19 atom stereocenters. The quantitative estimate of drug-likeness (QED) is 0.171. The van der Waals surface area contributed by atoms with Gasteiger partial charge in [-0.25, -0.2) is 9.59 Å². The van der Waals surface area contributed by atoms with Crippen molar-refractivity contribution in [3.05, 3.63) is 11.6 Å². The summed E-state index contributed by atoms with van der Waals surface area (Å²) in [5, 5.41) is 83.0. The van der Waals surface area contributed by atoms with Gasteiger partial charge < -0.3 is 59.8 Å². The molecule has 0 aromatic rings. The van der Waals surface area contributed by atoms with Crippen molar-refractivity contribution in [3.63, 3.8) is 0 Å². The fourth-order valence-corrected chi connectivity index (χ4v) is 13.4. The molecule has 7 rings (SSSR count). The Morgan fingerprint density at radius 1 is 0.690 bits per heavy atom. The van der Waals surface area contributed by atoms with Gasteiger partial charge in [-0.1, -0.05) is 47.1 Å². The summed E-state index contributed by atoms with van der Waals surface area (Å²) in [6.07, 6.45) is -12.2. The fourth-order valence-electron chi connectivity index (χ4n) is 13.4. The predicted molar refractivity (Wildman–Crippen MR) is 199 cm³/mol. The molecule has 326 valence electrons. The van der Waals surface area contributed by atoms with Gasteiger partial charge in [0.2, 0.25) is 0 Å². The van der Waals surface area contributed by atoms with Gasteiger partial charge in [0.1, 0.15) is 36.6 Å². The minimum absolute atomic E-state index is 0.0217. The average Bonchev–Trinajstić information content (AvgIpc) is 3.13. The van der Waals surface area contributed by atoms with Crippen LogP contribution in [0.5, 0.6) is 0 Å². The number of aliphatic hydroxyl groups excluding tert-OH is 5. The molecule has 16 nitrogen and oxygen atoms in total. The van der Waals surface area contributed by atoms with Gasteiger partial charge in [-0.2, -0.15) is 0 Å². The van der Waals surface area contributed by atoms with E-state index in [0.717, 1.165) is 37.7 Å². The molecule has 2 aliphatic heterocycles. The fraction of sp³-hybridized carbons (Fsp3) is 0.857. The molecule has 0 unspecified atom stereocenters. The normalized spacial score (nSPS) is 52.6. The largest absolute Gasteiger partial charge is 0.481 e. The first-order valence-corrected chi connectivity index (χ1v) is 20.7. The lowest BCUT2D eigenvalue weighted by Crippen LogP contribution is -2.68. The molecule has 0 spiro atoms. The summed E-state index contributed by atoms with van der Waals surface area (Å²) in [4.78, 5) is 51.3. The van der Waals surface area contributed by atoms with E-state index >= 15 is 0 Å². The number of carboxylic acids is 3. The third-order valence-electron chi connectivity index (χ3n) is 17.2. The molecule has 58 heavy (non-hydrogen) atoms. The molecule has 6 fully saturated rings. The Morgan fingerprint density at radius 2 is 1.28 bits per heavy atom. The maximum atomic E-state index is 14.8. The number of carboxylic acid groups (broad SMARTS) is 3. The lowest BCUT2D eigenvalue weighted by atomic mass is 9.33. The highest BCUT2D eigenvalue weighted by molar-refractivity contribution is 5.95. The number of ether oxygens (including phenoxy) is 4. The zero-order chi connectivity index (χ0) is 42.9. The molecule has 0 bridgehead atoms. The van der Waals surface area contributed by atoms with Crippen LogP contribution in [0.1, 0.15) is 106 Å². The Bertz CT molecular complexity index is 1730. The molecule has 8 N–H and O–H groups in total. The van der Waals surface area contributed by atoms with Gasteiger partial charge in [0, 0.05) is 5.92 Å². The Labute approximate surface area is 337 Å². The monoisotopic (exact) mass is 822 g/mol. The highest BCUT2D eigenvalue weighted by Crippen LogP contribution is 2.75. The highest BCUT2D eigenvalue weighted by atomic mass is 16.8. The number of allylic oxidation sites excluding steroid dienone is 2. The number of hydrogen-bond donors (Lipinski definition) is 8. The topological polar surface area (TPSA) is 267 Å². The number of carbonyl (C=O) groups is 4.